The van der Waals surface area contributed by atoms with Crippen molar-refractivity contribution in [2.24, 2.45) is 4.99 Å². The molecule has 0 atom stereocenters. The van der Waals surface area contributed by atoms with Gasteiger partial charge in [0.1, 0.15) is 5.75 Å². The maximum atomic E-state index is 12.4. The van der Waals surface area contributed by atoms with Crippen LogP contribution in [0.15, 0.2) is 70.7 Å². The first-order valence-corrected chi connectivity index (χ1v) is 9.90. The van der Waals surface area contributed by atoms with Crippen LogP contribution in [-0.2, 0) is 4.79 Å². The largest absolute Gasteiger partial charge is 0.495 e. The van der Waals surface area contributed by atoms with E-state index < -0.39 is 0 Å². The number of fused-ring (bicyclic) bond motifs is 2. The van der Waals surface area contributed by atoms with Crippen LogP contribution in [0, 0.1) is 0 Å². The first-order chi connectivity index (χ1) is 14.2. The van der Waals surface area contributed by atoms with Crippen LogP contribution in [0.5, 0.6) is 5.75 Å². The van der Waals surface area contributed by atoms with Gasteiger partial charge in [-0.3, -0.25) is 10.1 Å². The fourth-order valence-electron chi connectivity index (χ4n) is 3.41. The van der Waals surface area contributed by atoms with Crippen molar-refractivity contribution < 1.29 is 9.53 Å². The number of ether oxygens (including phenoxy) is 1. The molecular weight excluding hydrogens is 382 g/mol. The fourth-order valence-corrected chi connectivity index (χ4v) is 4.23. The minimum absolute atomic E-state index is 0.260. The van der Waals surface area contributed by atoms with Crippen LogP contribution in [0.25, 0.3) is 22.9 Å². The summed E-state index contributed by atoms with van der Waals surface area (Å²) in [5.41, 5.74) is 3.70. The molecule has 5 nitrogen and oxygen atoms in total. The number of thioether (sulfide) groups is 1. The summed E-state index contributed by atoms with van der Waals surface area (Å²) in [5.74, 6) is 0.489. The van der Waals surface area contributed by atoms with E-state index in [-0.39, 0.29) is 5.91 Å². The van der Waals surface area contributed by atoms with Gasteiger partial charge in [0, 0.05) is 28.4 Å². The Morgan fingerprint density at radius 3 is 2.90 bits per heavy atom. The van der Waals surface area contributed by atoms with Crippen molar-refractivity contribution in [2.45, 2.75) is 0 Å². The number of benzene rings is 3. The topological polar surface area (TPSA) is 64.8 Å². The molecule has 0 aromatic heterocycles. The Balaban J connectivity index is 1.41. The molecule has 1 radical (unpaired) electrons. The van der Waals surface area contributed by atoms with Gasteiger partial charge in [0.25, 0.3) is 5.91 Å². The van der Waals surface area contributed by atoms with E-state index in [2.05, 4.69) is 15.6 Å². The summed E-state index contributed by atoms with van der Waals surface area (Å²) >= 11 is 1.32. The molecule has 0 saturated carbocycles. The maximum Gasteiger partial charge on any atom is 0.286 e. The van der Waals surface area contributed by atoms with Gasteiger partial charge in [-0.25, -0.2) is 0 Å². The zero-order valence-electron chi connectivity index (χ0n) is 15.5. The molecule has 5 rings (SSSR count). The lowest BCUT2D eigenvalue weighted by Crippen LogP contribution is -2.04. The minimum atomic E-state index is -0.260. The van der Waals surface area contributed by atoms with E-state index in [9.17, 15) is 4.79 Å². The van der Waals surface area contributed by atoms with E-state index in [0.29, 0.717) is 10.1 Å². The number of aliphatic imine (C=N–C) groups is 1. The third-order valence-electron chi connectivity index (χ3n) is 4.77. The molecular formula is C23H16N3O2S. The Labute approximate surface area is 172 Å². The first-order valence-electron chi connectivity index (χ1n) is 9.08. The predicted molar refractivity (Wildman–Crippen MR) is 119 cm³/mol. The van der Waals surface area contributed by atoms with Crippen molar-refractivity contribution in [1.82, 2.24) is 5.32 Å². The molecule has 2 heterocycles. The molecule has 0 bridgehead atoms. The SMILES string of the molecule is COc1c(C=C2SC(Nc3ccc4c(c3)C=C[N]4)=NC2=O)ccc2ccccc12. The number of carbonyl (C=O) groups excluding carboxylic acids is 1. The molecule has 0 fully saturated rings. The quantitative estimate of drug-likeness (QED) is 0.620. The lowest BCUT2D eigenvalue weighted by Gasteiger charge is -2.09. The number of nitrogens with zero attached hydrogens (tertiary/aromatic N) is 2. The molecule has 0 spiro atoms. The van der Waals surface area contributed by atoms with Crippen molar-refractivity contribution in [3.05, 3.63) is 76.8 Å². The van der Waals surface area contributed by atoms with Gasteiger partial charge in [-0.15, -0.1) is 0 Å². The molecule has 0 aliphatic carbocycles. The Bertz CT molecular complexity index is 1240. The fraction of sp³-hybridized carbons (Fsp3) is 0.0435. The number of carbonyl (C=O) groups is 1. The summed E-state index contributed by atoms with van der Waals surface area (Å²) < 4.78 is 5.64. The number of amidine groups is 1. The summed E-state index contributed by atoms with van der Waals surface area (Å²) in [6, 6.07) is 17.9. The van der Waals surface area contributed by atoms with E-state index in [0.717, 1.165) is 39.0 Å². The zero-order chi connectivity index (χ0) is 19.8. The summed E-state index contributed by atoms with van der Waals surface area (Å²) in [7, 11) is 1.64. The van der Waals surface area contributed by atoms with Crippen LogP contribution >= 0.6 is 11.8 Å². The molecule has 29 heavy (non-hydrogen) atoms. The summed E-state index contributed by atoms with van der Waals surface area (Å²) in [5, 5.41) is 10.1. The van der Waals surface area contributed by atoms with Gasteiger partial charge in [-0.05, 0) is 47.5 Å². The van der Waals surface area contributed by atoms with Gasteiger partial charge >= 0.3 is 0 Å². The highest BCUT2D eigenvalue weighted by Crippen LogP contribution is 2.35. The molecule has 141 valence electrons. The third-order valence-corrected chi connectivity index (χ3v) is 5.67. The van der Waals surface area contributed by atoms with Gasteiger partial charge in [0.05, 0.1) is 17.7 Å². The molecule has 3 aromatic carbocycles. The van der Waals surface area contributed by atoms with E-state index in [1.807, 2.05) is 66.7 Å². The number of anilines is 1. The normalized spacial score (nSPS) is 16.1. The lowest BCUT2D eigenvalue weighted by atomic mass is 10.0. The van der Waals surface area contributed by atoms with Crippen molar-refractivity contribution in [2.75, 3.05) is 12.4 Å². The second kappa shape index (κ2) is 7.14. The number of methoxy groups -OCH3 is 1. The average Bonchev–Trinajstić information content (AvgIpc) is 3.33. The Kier molecular flexibility index (Phi) is 4.33. The van der Waals surface area contributed by atoms with E-state index in [1.165, 1.54) is 11.8 Å². The molecule has 3 aromatic rings. The Morgan fingerprint density at radius 1 is 1.10 bits per heavy atom. The molecule has 6 heteroatoms. The number of rotatable bonds is 3. The van der Waals surface area contributed by atoms with Crippen molar-refractivity contribution in [1.29, 1.82) is 0 Å². The highest BCUT2D eigenvalue weighted by molar-refractivity contribution is 8.18. The Hall–Kier alpha value is -3.51. The summed E-state index contributed by atoms with van der Waals surface area (Å²) in [6.45, 7) is 0. The molecule has 1 amide bonds. The molecule has 2 aliphatic rings. The smallest absolute Gasteiger partial charge is 0.286 e. The van der Waals surface area contributed by atoms with Gasteiger partial charge in [0.2, 0.25) is 0 Å². The van der Waals surface area contributed by atoms with Crippen LogP contribution < -0.4 is 15.4 Å². The predicted octanol–water partition coefficient (Wildman–Crippen LogP) is 5.15. The number of nitrogens with one attached hydrogen (secondary N) is 1. The highest BCUT2D eigenvalue weighted by atomic mass is 32.2. The van der Waals surface area contributed by atoms with Crippen molar-refractivity contribution in [3.63, 3.8) is 0 Å². The highest BCUT2D eigenvalue weighted by Gasteiger charge is 2.23. The number of hydrogen-bond donors (Lipinski definition) is 1. The van der Waals surface area contributed by atoms with Gasteiger partial charge in [-0.2, -0.15) is 4.99 Å². The zero-order valence-corrected chi connectivity index (χ0v) is 16.4. The van der Waals surface area contributed by atoms with Crippen LogP contribution in [0.4, 0.5) is 11.4 Å². The van der Waals surface area contributed by atoms with Gasteiger partial charge in [-0.1, -0.05) is 36.4 Å². The number of amides is 1. The second-order valence-corrected chi connectivity index (χ2v) is 7.62. The lowest BCUT2D eigenvalue weighted by molar-refractivity contribution is -0.113. The maximum absolute atomic E-state index is 12.4. The van der Waals surface area contributed by atoms with Crippen LogP contribution in [0.3, 0.4) is 0 Å². The van der Waals surface area contributed by atoms with Crippen LogP contribution in [0.2, 0.25) is 0 Å². The van der Waals surface area contributed by atoms with Crippen molar-refractivity contribution in [3.8, 4) is 5.75 Å². The van der Waals surface area contributed by atoms with Crippen LogP contribution in [-0.4, -0.2) is 18.2 Å². The van der Waals surface area contributed by atoms with Gasteiger partial charge in [0.15, 0.2) is 5.17 Å². The first kappa shape index (κ1) is 17.6. The van der Waals surface area contributed by atoms with E-state index >= 15 is 0 Å². The second-order valence-electron chi connectivity index (χ2n) is 6.59. The van der Waals surface area contributed by atoms with Crippen molar-refractivity contribution >= 4 is 57.1 Å². The van der Waals surface area contributed by atoms with Gasteiger partial charge < -0.3 is 10.1 Å². The third kappa shape index (κ3) is 3.28. The van der Waals surface area contributed by atoms with E-state index in [1.54, 1.807) is 13.3 Å². The summed E-state index contributed by atoms with van der Waals surface area (Å²) in [4.78, 5) is 17.2. The monoisotopic (exact) mass is 398 g/mol. The minimum Gasteiger partial charge on any atom is -0.495 e. The molecule has 1 N–H and O–H groups in total. The molecule has 0 unspecified atom stereocenters. The Morgan fingerprint density at radius 2 is 2.00 bits per heavy atom. The number of hydrogen-bond acceptors (Lipinski definition) is 4. The standard InChI is InChI=1S/C23H16N3O2S/c1-28-21-16(7-6-14-4-2-3-5-18(14)21)13-20-22(27)26-23(29-20)25-17-8-9-19-15(12-17)10-11-24-19/h2-13H,1H3,(H,25,26,27). The van der Waals surface area contributed by atoms with Crippen LogP contribution in [0.1, 0.15) is 11.1 Å². The summed E-state index contributed by atoms with van der Waals surface area (Å²) in [6.07, 6.45) is 5.56. The molecule has 2 aliphatic heterocycles. The molecule has 0 saturated heterocycles. The average molecular weight is 398 g/mol. The van der Waals surface area contributed by atoms with E-state index in [4.69, 9.17) is 4.74 Å².